The Morgan fingerprint density at radius 1 is 1.46 bits per heavy atom. The predicted octanol–water partition coefficient (Wildman–Crippen LogP) is 3.97. The molecule has 0 saturated carbocycles. The maximum atomic E-state index is 4.39. The van der Waals surface area contributed by atoms with Crippen molar-refractivity contribution in [3.63, 3.8) is 0 Å². The van der Waals surface area contributed by atoms with E-state index in [1.807, 2.05) is 12.3 Å². The summed E-state index contributed by atoms with van der Waals surface area (Å²) in [4.78, 5) is 4.39. The molecule has 0 spiro atoms. The van der Waals surface area contributed by atoms with Crippen molar-refractivity contribution in [3.8, 4) is 0 Å². The van der Waals surface area contributed by atoms with Crippen LogP contribution in [0, 0.1) is 5.92 Å². The van der Waals surface area contributed by atoms with Crippen molar-refractivity contribution in [1.29, 1.82) is 0 Å². The van der Waals surface area contributed by atoms with Crippen molar-refractivity contribution < 1.29 is 0 Å². The molecule has 0 aromatic heterocycles. The van der Waals surface area contributed by atoms with Gasteiger partial charge >= 0.3 is 0 Å². The monoisotopic (exact) mass is 179 g/mol. The average Bonchev–Trinajstić information content (AvgIpc) is 2.11. The maximum absolute atomic E-state index is 4.39. The van der Waals surface area contributed by atoms with Crippen LogP contribution in [-0.2, 0) is 0 Å². The summed E-state index contributed by atoms with van der Waals surface area (Å²) in [6, 6.07) is 0. The molecule has 1 nitrogen and oxygen atoms in total. The summed E-state index contributed by atoms with van der Waals surface area (Å²) < 4.78 is 0. The Bertz CT molecular complexity index is 209. The van der Waals surface area contributed by atoms with Crippen molar-refractivity contribution in [2.75, 3.05) is 0 Å². The SMILES string of the molecule is C=CC(CCC)=N/C=C(\C)C(C)C. The minimum atomic E-state index is 0.580. The van der Waals surface area contributed by atoms with Crippen LogP contribution < -0.4 is 0 Å². The molecule has 0 fully saturated rings. The van der Waals surface area contributed by atoms with Crippen LogP contribution in [0.15, 0.2) is 29.4 Å². The van der Waals surface area contributed by atoms with E-state index in [2.05, 4.69) is 39.3 Å². The molecule has 0 bridgehead atoms. The standard InChI is InChI=1S/C12H21N/c1-6-8-12(7-2)13-9-11(5)10(3)4/h7,9-10H,2,6,8H2,1,3-5H3/b11-9+,13-12?. The van der Waals surface area contributed by atoms with Crippen LogP contribution in [0.2, 0.25) is 0 Å². The zero-order valence-corrected chi connectivity index (χ0v) is 9.30. The second-order valence-electron chi connectivity index (χ2n) is 3.60. The molecule has 0 unspecified atom stereocenters. The fraction of sp³-hybridized carbons (Fsp3) is 0.583. The summed E-state index contributed by atoms with van der Waals surface area (Å²) in [6.07, 6.45) is 5.94. The third kappa shape index (κ3) is 5.40. The summed E-state index contributed by atoms with van der Waals surface area (Å²) in [5, 5.41) is 0. The van der Waals surface area contributed by atoms with Crippen molar-refractivity contribution in [2.24, 2.45) is 10.9 Å². The van der Waals surface area contributed by atoms with E-state index in [1.165, 1.54) is 5.57 Å². The molecule has 0 heterocycles. The van der Waals surface area contributed by atoms with Gasteiger partial charge < -0.3 is 0 Å². The van der Waals surface area contributed by atoms with Crippen molar-refractivity contribution >= 4 is 5.71 Å². The third-order valence-electron chi connectivity index (χ3n) is 2.09. The Balaban J connectivity index is 4.35. The smallest absolute Gasteiger partial charge is 0.0397 e. The van der Waals surface area contributed by atoms with Gasteiger partial charge in [-0.3, -0.25) is 4.99 Å². The molecular weight excluding hydrogens is 158 g/mol. The first-order valence-corrected chi connectivity index (χ1v) is 4.97. The molecule has 0 aromatic rings. The van der Waals surface area contributed by atoms with Gasteiger partial charge in [-0.2, -0.15) is 0 Å². The van der Waals surface area contributed by atoms with Crippen molar-refractivity contribution in [3.05, 3.63) is 24.4 Å². The van der Waals surface area contributed by atoms with E-state index in [0.717, 1.165) is 18.6 Å². The number of allylic oxidation sites excluding steroid dienone is 2. The van der Waals surface area contributed by atoms with E-state index in [1.54, 1.807) is 0 Å². The van der Waals surface area contributed by atoms with Crippen LogP contribution in [0.3, 0.4) is 0 Å². The fourth-order valence-corrected chi connectivity index (χ4v) is 0.809. The first-order valence-electron chi connectivity index (χ1n) is 4.97. The van der Waals surface area contributed by atoms with Gasteiger partial charge in [-0.15, -0.1) is 0 Å². The molecule has 0 saturated heterocycles. The van der Waals surface area contributed by atoms with Gasteiger partial charge in [0.2, 0.25) is 0 Å². The van der Waals surface area contributed by atoms with E-state index in [-0.39, 0.29) is 0 Å². The lowest BCUT2D eigenvalue weighted by molar-refractivity contribution is 0.766. The van der Waals surface area contributed by atoms with Gasteiger partial charge in [-0.25, -0.2) is 0 Å². The number of nitrogens with zero attached hydrogens (tertiary/aromatic N) is 1. The van der Waals surface area contributed by atoms with E-state index >= 15 is 0 Å². The zero-order chi connectivity index (χ0) is 10.3. The van der Waals surface area contributed by atoms with E-state index in [0.29, 0.717) is 5.92 Å². The molecule has 0 atom stereocenters. The molecule has 0 aliphatic rings. The Hall–Kier alpha value is -0.850. The Morgan fingerprint density at radius 3 is 2.46 bits per heavy atom. The quantitative estimate of drug-likeness (QED) is 0.566. The lowest BCUT2D eigenvalue weighted by Gasteiger charge is -2.02. The van der Waals surface area contributed by atoms with Crippen LogP contribution in [-0.4, -0.2) is 5.71 Å². The highest BCUT2D eigenvalue weighted by atomic mass is 14.7. The van der Waals surface area contributed by atoms with Crippen LogP contribution in [0.5, 0.6) is 0 Å². The topological polar surface area (TPSA) is 12.4 Å². The van der Waals surface area contributed by atoms with Crippen LogP contribution in [0.4, 0.5) is 0 Å². The van der Waals surface area contributed by atoms with Gasteiger partial charge in [0, 0.05) is 11.9 Å². The molecular formula is C12H21N. The highest BCUT2D eigenvalue weighted by Gasteiger charge is 1.95. The molecule has 0 amide bonds. The van der Waals surface area contributed by atoms with Crippen molar-refractivity contribution in [2.45, 2.75) is 40.5 Å². The number of aliphatic imine (C=N–C) groups is 1. The van der Waals surface area contributed by atoms with Gasteiger partial charge in [0.05, 0.1) is 0 Å². The first kappa shape index (κ1) is 12.2. The highest BCUT2D eigenvalue weighted by Crippen LogP contribution is 2.08. The molecule has 0 rings (SSSR count). The van der Waals surface area contributed by atoms with Crippen LogP contribution >= 0.6 is 0 Å². The molecule has 74 valence electrons. The third-order valence-corrected chi connectivity index (χ3v) is 2.09. The summed E-state index contributed by atoms with van der Waals surface area (Å²) in [5.41, 5.74) is 2.40. The minimum absolute atomic E-state index is 0.580. The van der Waals surface area contributed by atoms with Gasteiger partial charge in [0.15, 0.2) is 0 Å². The summed E-state index contributed by atoms with van der Waals surface area (Å²) >= 11 is 0. The Morgan fingerprint density at radius 2 is 2.08 bits per heavy atom. The van der Waals surface area contributed by atoms with Crippen LogP contribution in [0.25, 0.3) is 0 Å². The summed E-state index contributed by atoms with van der Waals surface area (Å²) in [7, 11) is 0. The number of hydrogen-bond donors (Lipinski definition) is 0. The Labute approximate surface area is 82.3 Å². The summed E-state index contributed by atoms with van der Waals surface area (Å²) in [6.45, 7) is 12.4. The van der Waals surface area contributed by atoms with Gasteiger partial charge in [-0.05, 0) is 25.3 Å². The molecule has 0 aromatic carbocycles. The van der Waals surface area contributed by atoms with E-state index in [9.17, 15) is 0 Å². The first-order chi connectivity index (χ1) is 6.11. The van der Waals surface area contributed by atoms with E-state index in [4.69, 9.17) is 0 Å². The maximum Gasteiger partial charge on any atom is 0.0397 e. The van der Waals surface area contributed by atoms with Gasteiger partial charge in [0.1, 0.15) is 0 Å². The van der Waals surface area contributed by atoms with Gasteiger partial charge in [-0.1, -0.05) is 39.3 Å². The second kappa shape index (κ2) is 6.64. The fourth-order valence-electron chi connectivity index (χ4n) is 0.809. The molecule has 0 aliphatic carbocycles. The van der Waals surface area contributed by atoms with Gasteiger partial charge in [0.25, 0.3) is 0 Å². The lowest BCUT2D eigenvalue weighted by atomic mass is 10.1. The largest absolute Gasteiger partial charge is 0.261 e. The Kier molecular flexibility index (Phi) is 6.21. The lowest BCUT2D eigenvalue weighted by Crippen LogP contribution is -1.92. The molecule has 13 heavy (non-hydrogen) atoms. The second-order valence-corrected chi connectivity index (χ2v) is 3.60. The number of rotatable bonds is 5. The molecule has 1 heteroatoms. The molecule has 0 radical (unpaired) electrons. The molecule has 0 aliphatic heterocycles. The highest BCUT2D eigenvalue weighted by molar-refractivity contribution is 5.94. The summed E-state index contributed by atoms with van der Waals surface area (Å²) in [5.74, 6) is 0.580. The number of hydrogen-bond acceptors (Lipinski definition) is 1. The molecule has 0 N–H and O–H groups in total. The predicted molar refractivity (Wildman–Crippen MR) is 61.1 cm³/mol. The van der Waals surface area contributed by atoms with Crippen molar-refractivity contribution in [1.82, 2.24) is 0 Å². The average molecular weight is 179 g/mol. The van der Waals surface area contributed by atoms with E-state index < -0.39 is 0 Å². The normalized spacial score (nSPS) is 13.6. The van der Waals surface area contributed by atoms with Crippen LogP contribution in [0.1, 0.15) is 40.5 Å². The zero-order valence-electron chi connectivity index (χ0n) is 9.30. The minimum Gasteiger partial charge on any atom is -0.261 e.